The average molecular weight is 490 g/mol. The molecule has 2 aromatic heterocycles. The molecule has 9 heteroatoms. The smallest absolute Gasteiger partial charge is 0.258 e. The van der Waals surface area contributed by atoms with Gasteiger partial charge in [0.05, 0.1) is 10.8 Å². The first-order chi connectivity index (χ1) is 17.5. The molecule has 0 atom stereocenters. The summed E-state index contributed by atoms with van der Waals surface area (Å²) >= 11 is 0. The normalized spacial score (nSPS) is 11.2. The lowest BCUT2D eigenvalue weighted by Gasteiger charge is -2.16. The number of nitrogens with zero attached hydrogens (tertiary/aromatic N) is 1. The first-order valence-electron chi connectivity index (χ1n) is 11.7. The molecule has 2 heterocycles. The molecule has 186 valence electrons. The highest BCUT2D eigenvalue weighted by Crippen LogP contribution is 2.11. The maximum Gasteiger partial charge on any atom is 0.258 e. The van der Waals surface area contributed by atoms with Crippen LogP contribution in [0.3, 0.4) is 0 Å². The monoisotopic (exact) mass is 489 g/mol. The third-order valence-corrected chi connectivity index (χ3v) is 5.85. The van der Waals surface area contributed by atoms with Crippen LogP contribution >= 0.6 is 0 Å². The van der Waals surface area contributed by atoms with Gasteiger partial charge in [-0.25, -0.2) is 0 Å². The lowest BCUT2D eigenvalue weighted by molar-refractivity contribution is 0.0942. The van der Waals surface area contributed by atoms with Crippen molar-refractivity contribution in [2.75, 3.05) is 33.2 Å². The Morgan fingerprint density at radius 1 is 0.722 bits per heavy atom. The molecule has 0 aliphatic carbocycles. The van der Waals surface area contributed by atoms with E-state index < -0.39 is 11.8 Å². The molecule has 4 aromatic rings. The van der Waals surface area contributed by atoms with Crippen molar-refractivity contribution in [3.05, 3.63) is 92.6 Å². The molecule has 2 aromatic carbocycles. The molecule has 0 aliphatic rings. The average Bonchev–Trinajstić information content (AvgIpc) is 2.89. The van der Waals surface area contributed by atoms with Crippen LogP contribution in [0, 0.1) is 0 Å². The van der Waals surface area contributed by atoms with Crippen molar-refractivity contribution in [2.45, 2.75) is 12.8 Å². The highest BCUT2D eigenvalue weighted by atomic mass is 16.3. The van der Waals surface area contributed by atoms with Crippen LogP contribution in [0.15, 0.2) is 79.5 Å². The maximum atomic E-state index is 12.5. The number of nitrogens with one attached hydrogen (secondary N) is 2. The number of carbonyl (C=O) groups is 2. The van der Waals surface area contributed by atoms with Gasteiger partial charge in [-0.05, 0) is 57.2 Å². The van der Waals surface area contributed by atoms with Gasteiger partial charge in [-0.15, -0.1) is 0 Å². The summed E-state index contributed by atoms with van der Waals surface area (Å²) in [4.78, 5) is 51.8. The maximum absolute atomic E-state index is 12.5. The molecule has 36 heavy (non-hydrogen) atoms. The lowest BCUT2D eigenvalue weighted by Crippen LogP contribution is -2.33. The number of amides is 2. The summed E-state index contributed by atoms with van der Waals surface area (Å²) < 4.78 is 10.8. The molecule has 0 saturated heterocycles. The van der Waals surface area contributed by atoms with E-state index in [1.807, 2.05) is 7.05 Å². The molecule has 4 rings (SSSR count). The number of fused-ring (bicyclic) bond motifs is 2. The Morgan fingerprint density at radius 2 is 1.14 bits per heavy atom. The van der Waals surface area contributed by atoms with E-state index in [-0.39, 0.29) is 22.0 Å². The first kappa shape index (κ1) is 24.9. The zero-order chi connectivity index (χ0) is 25.5. The summed E-state index contributed by atoms with van der Waals surface area (Å²) in [6.45, 7) is 2.25. The van der Waals surface area contributed by atoms with Gasteiger partial charge < -0.3 is 24.4 Å². The third kappa shape index (κ3) is 5.69. The Bertz CT molecular complexity index is 1390. The van der Waals surface area contributed by atoms with Crippen molar-refractivity contribution in [3.63, 3.8) is 0 Å². The SMILES string of the molecule is CN(CCCNC(=O)c1coc2ccccc2c1=O)CCCNC(=O)c1coc2ccccc2c1=O. The van der Waals surface area contributed by atoms with Gasteiger partial charge in [0.2, 0.25) is 10.9 Å². The first-order valence-corrected chi connectivity index (χ1v) is 11.7. The van der Waals surface area contributed by atoms with Gasteiger partial charge >= 0.3 is 0 Å². The second kappa shape index (κ2) is 11.5. The summed E-state index contributed by atoms with van der Waals surface area (Å²) in [6.07, 6.45) is 3.77. The summed E-state index contributed by atoms with van der Waals surface area (Å²) in [5.74, 6) is -0.920. The van der Waals surface area contributed by atoms with Crippen LogP contribution in [0.5, 0.6) is 0 Å². The van der Waals surface area contributed by atoms with Crippen LogP contribution in [0.4, 0.5) is 0 Å². The second-order valence-corrected chi connectivity index (χ2v) is 8.47. The van der Waals surface area contributed by atoms with Crippen LogP contribution in [0.25, 0.3) is 21.9 Å². The zero-order valence-electron chi connectivity index (χ0n) is 19.9. The Morgan fingerprint density at radius 3 is 1.58 bits per heavy atom. The van der Waals surface area contributed by atoms with Crippen LogP contribution in [-0.4, -0.2) is 49.9 Å². The highest BCUT2D eigenvalue weighted by Gasteiger charge is 2.15. The fourth-order valence-electron chi connectivity index (χ4n) is 3.87. The molecule has 0 bridgehead atoms. The lowest BCUT2D eigenvalue weighted by atomic mass is 10.1. The summed E-state index contributed by atoms with van der Waals surface area (Å²) in [6, 6.07) is 13.6. The third-order valence-electron chi connectivity index (χ3n) is 5.85. The van der Waals surface area contributed by atoms with E-state index in [1.54, 1.807) is 48.5 Å². The molecule has 2 N–H and O–H groups in total. The van der Waals surface area contributed by atoms with Gasteiger partial charge in [0.15, 0.2) is 0 Å². The van der Waals surface area contributed by atoms with Crippen molar-refractivity contribution in [1.82, 2.24) is 15.5 Å². The Balaban J connectivity index is 1.16. The number of benzene rings is 2. The van der Waals surface area contributed by atoms with E-state index in [4.69, 9.17) is 8.83 Å². The fourth-order valence-corrected chi connectivity index (χ4v) is 3.87. The van der Waals surface area contributed by atoms with E-state index in [9.17, 15) is 19.2 Å². The molecule has 0 spiro atoms. The Hall–Kier alpha value is -4.24. The van der Waals surface area contributed by atoms with Gasteiger partial charge in [-0.1, -0.05) is 24.3 Å². The van der Waals surface area contributed by atoms with Crippen molar-refractivity contribution >= 4 is 33.8 Å². The van der Waals surface area contributed by atoms with E-state index >= 15 is 0 Å². The molecule has 2 amide bonds. The molecular formula is C27H27N3O6. The fraction of sp³-hybridized carbons (Fsp3) is 0.259. The molecule has 0 fully saturated rings. The van der Waals surface area contributed by atoms with Gasteiger partial charge in [0.1, 0.15) is 34.8 Å². The number of carbonyl (C=O) groups excluding carboxylic acids is 2. The number of para-hydroxylation sites is 2. The highest BCUT2D eigenvalue weighted by molar-refractivity contribution is 5.97. The quantitative estimate of drug-likeness (QED) is 0.329. The van der Waals surface area contributed by atoms with E-state index in [2.05, 4.69) is 15.5 Å². The van der Waals surface area contributed by atoms with Crippen molar-refractivity contribution < 1.29 is 18.4 Å². The van der Waals surface area contributed by atoms with Gasteiger partial charge in [-0.3, -0.25) is 19.2 Å². The summed E-state index contributed by atoms with van der Waals surface area (Å²) in [5.41, 5.74) is 0.150. The minimum atomic E-state index is -0.460. The standard InChI is InChI=1S/C27H27N3O6/c1-30(14-6-12-28-26(33)20-16-35-22-10-4-2-8-18(22)24(20)31)15-7-13-29-27(34)21-17-36-23-11-5-3-9-19(23)25(21)32/h2-5,8-11,16-17H,6-7,12-15H2,1H3,(H,28,33)(H,29,34). The van der Waals surface area contributed by atoms with Crippen molar-refractivity contribution in [1.29, 1.82) is 0 Å². The van der Waals surface area contributed by atoms with Crippen LogP contribution in [-0.2, 0) is 0 Å². The van der Waals surface area contributed by atoms with Gasteiger partial charge in [0, 0.05) is 13.1 Å². The summed E-state index contributed by atoms with van der Waals surface area (Å²) in [5, 5.41) is 6.26. The zero-order valence-corrected chi connectivity index (χ0v) is 19.9. The topological polar surface area (TPSA) is 122 Å². The van der Waals surface area contributed by atoms with Crippen LogP contribution in [0.1, 0.15) is 33.6 Å². The Labute approximate surface area is 206 Å². The van der Waals surface area contributed by atoms with Crippen LogP contribution in [0.2, 0.25) is 0 Å². The van der Waals surface area contributed by atoms with E-state index in [0.717, 1.165) is 13.1 Å². The largest absolute Gasteiger partial charge is 0.463 e. The van der Waals surface area contributed by atoms with E-state index in [1.165, 1.54) is 12.5 Å². The second-order valence-electron chi connectivity index (χ2n) is 8.47. The van der Waals surface area contributed by atoms with E-state index in [0.29, 0.717) is 47.9 Å². The molecule has 0 radical (unpaired) electrons. The molecule has 0 unspecified atom stereocenters. The number of hydrogen-bond donors (Lipinski definition) is 2. The van der Waals surface area contributed by atoms with Crippen molar-refractivity contribution in [2.24, 2.45) is 0 Å². The molecule has 0 saturated carbocycles. The molecular weight excluding hydrogens is 462 g/mol. The number of hydrogen-bond acceptors (Lipinski definition) is 7. The van der Waals surface area contributed by atoms with Gasteiger partial charge in [0.25, 0.3) is 11.8 Å². The minimum Gasteiger partial charge on any atom is -0.463 e. The summed E-state index contributed by atoms with van der Waals surface area (Å²) in [7, 11) is 1.94. The predicted molar refractivity (Wildman–Crippen MR) is 136 cm³/mol. The molecule has 0 aliphatic heterocycles. The minimum absolute atomic E-state index is 0.0155. The van der Waals surface area contributed by atoms with Crippen LogP contribution < -0.4 is 21.5 Å². The molecule has 9 nitrogen and oxygen atoms in total. The Kier molecular flexibility index (Phi) is 7.92. The van der Waals surface area contributed by atoms with Crippen molar-refractivity contribution in [3.8, 4) is 0 Å². The predicted octanol–water partition coefficient (Wildman–Crippen LogP) is 2.77. The number of rotatable bonds is 10. The van der Waals surface area contributed by atoms with Gasteiger partial charge in [-0.2, -0.15) is 0 Å².